The molecule has 0 atom stereocenters. The summed E-state index contributed by atoms with van der Waals surface area (Å²) >= 11 is 0. The Morgan fingerprint density at radius 2 is 1.96 bits per heavy atom. The van der Waals surface area contributed by atoms with Gasteiger partial charge in [0.25, 0.3) is 0 Å². The Balaban J connectivity index is 2.76. The highest BCUT2D eigenvalue weighted by Gasteiger charge is 2.19. The number of ether oxygens (including phenoxy) is 2. The zero-order valence-corrected chi connectivity index (χ0v) is 13.4. The van der Waals surface area contributed by atoms with Crippen molar-refractivity contribution in [1.82, 2.24) is 0 Å². The molecular weight excluding hydrogens is 302 g/mol. The number of hydrogen-bond donors (Lipinski definition) is 0. The minimum absolute atomic E-state index is 0.0597. The number of rotatable bonds is 10. The number of nitrogens with zero attached hydrogens (tertiary/aromatic N) is 1. The summed E-state index contributed by atoms with van der Waals surface area (Å²) in [5.74, 6) is -0.810. The Kier molecular flexibility index (Phi) is 7.73. The van der Waals surface area contributed by atoms with Crippen LogP contribution in [-0.2, 0) is 9.53 Å². The van der Waals surface area contributed by atoms with E-state index in [9.17, 15) is 19.7 Å². The molecule has 0 N–H and O–H groups in total. The molecule has 7 nitrogen and oxygen atoms in total. The van der Waals surface area contributed by atoms with Crippen molar-refractivity contribution in [3.8, 4) is 5.75 Å². The van der Waals surface area contributed by atoms with Crippen molar-refractivity contribution < 1.29 is 24.0 Å². The molecule has 0 saturated carbocycles. The number of esters is 1. The standard InChI is InChI=1S/C16H21NO6/c1-3-5-9-22-16(19)11-23-15-8-7-12(14(18)6-4-2)10-13(15)17(20)21/h7-8,10H,3-6,9,11H2,1-2H3. The molecule has 0 bridgehead atoms. The van der Waals surface area contributed by atoms with Gasteiger partial charge in [-0.05, 0) is 25.0 Å². The summed E-state index contributed by atoms with van der Waals surface area (Å²) in [5, 5.41) is 11.1. The molecule has 1 aromatic rings. The lowest BCUT2D eigenvalue weighted by molar-refractivity contribution is -0.385. The molecule has 0 aliphatic rings. The van der Waals surface area contributed by atoms with E-state index in [1.165, 1.54) is 18.2 Å². The van der Waals surface area contributed by atoms with Crippen LogP contribution < -0.4 is 4.74 Å². The van der Waals surface area contributed by atoms with Crippen molar-refractivity contribution >= 4 is 17.4 Å². The molecule has 0 heterocycles. The van der Waals surface area contributed by atoms with Crippen LogP contribution in [0.1, 0.15) is 49.9 Å². The van der Waals surface area contributed by atoms with E-state index in [1.54, 1.807) is 0 Å². The number of carbonyl (C=O) groups is 2. The van der Waals surface area contributed by atoms with Gasteiger partial charge >= 0.3 is 11.7 Å². The lowest BCUT2D eigenvalue weighted by Crippen LogP contribution is -2.16. The first-order valence-corrected chi connectivity index (χ1v) is 7.59. The fraction of sp³-hybridized carbons (Fsp3) is 0.500. The molecule has 0 unspecified atom stereocenters. The van der Waals surface area contributed by atoms with Crippen LogP contribution in [0, 0.1) is 10.1 Å². The van der Waals surface area contributed by atoms with Gasteiger partial charge in [-0.3, -0.25) is 14.9 Å². The monoisotopic (exact) mass is 323 g/mol. The molecule has 1 aromatic carbocycles. The summed E-state index contributed by atoms with van der Waals surface area (Å²) in [7, 11) is 0. The molecule has 1 rings (SSSR count). The first-order valence-electron chi connectivity index (χ1n) is 7.59. The quantitative estimate of drug-likeness (QED) is 0.215. The maximum Gasteiger partial charge on any atom is 0.344 e. The van der Waals surface area contributed by atoms with E-state index in [2.05, 4.69) is 0 Å². The highest BCUT2D eigenvalue weighted by molar-refractivity contribution is 5.96. The van der Waals surface area contributed by atoms with E-state index in [1.807, 2.05) is 13.8 Å². The summed E-state index contributed by atoms with van der Waals surface area (Å²) in [6, 6.07) is 3.97. The Hall–Kier alpha value is -2.44. The van der Waals surface area contributed by atoms with Gasteiger partial charge in [-0.1, -0.05) is 20.3 Å². The van der Waals surface area contributed by atoms with Crippen molar-refractivity contribution in [2.24, 2.45) is 0 Å². The summed E-state index contributed by atoms with van der Waals surface area (Å²) in [6.07, 6.45) is 2.63. The third kappa shape index (κ3) is 6.06. The van der Waals surface area contributed by atoms with E-state index >= 15 is 0 Å². The van der Waals surface area contributed by atoms with Gasteiger partial charge in [0.1, 0.15) is 0 Å². The van der Waals surface area contributed by atoms with Gasteiger partial charge in [-0.25, -0.2) is 4.79 Å². The smallest absolute Gasteiger partial charge is 0.344 e. The van der Waals surface area contributed by atoms with Crippen molar-refractivity contribution in [2.45, 2.75) is 39.5 Å². The molecule has 23 heavy (non-hydrogen) atoms. The largest absolute Gasteiger partial charge is 0.475 e. The lowest BCUT2D eigenvalue weighted by Gasteiger charge is -2.08. The molecule has 126 valence electrons. The van der Waals surface area contributed by atoms with Gasteiger partial charge in [0.15, 0.2) is 18.1 Å². The highest BCUT2D eigenvalue weighted by atomic mass is 16.6. The van der Waals surface area contributed by atoms with Crippen LogP contribution in [0.25, 0.3) is 0 Å². The Labute approximate surface area is 134 Å². The predicted molar refractivity (Wildman–Crippen MR) is 83.7 cm³/mol. The van der Waals surface area contributed by atoms with Crippen LogP contribution in [0.15, 0.2) is 18.2 Å². The highest BCUT2D eigenvalue weighted by Crippen LogP contribution is 2.28. The van der Waals surface area contributed by atoms with Crippen molar-refractivity contribution in [1.29, 1.82) is 0 Å². The van der Waals surface area contributed by atoms with Gasteiger partial charge in [-0.15, -0.1) is 0 Å². The fourth-order valence-corrected chi connectivity index (χ4v) is 1.84. The van der Waals surface area contributed by atoms with Gasteiger partial charge in [-0.2, -0.15) is 0 Å². The van der Waals surface area contributed by atoms with E-state index in [-0.39, 0.29) is 22.8 Å². The number of nitro benzene ring substituents is 1. The SMILES string of the molecule is CCCCOC(=O)COc1ccc(C(=O)CCC)cc1[N+](=O)[O-]. The summed E-state index contributed by atoms with van der Waals surface area (Å²) < 4.78 is 10.1. The van der Waals surface area contributed by atoms with Crippen LogP contribution in [0.3, 0.4) is 0 Å². The maximum absolute atomic E-state index is 11.8. The Bertz CT molecular complexity index is 570. The van der Waals surface area contributed by atoms with Gasteiger partial charge < -0.3 is 9.47 Å². The van der Waals surface area contributed by atoms with E-state index < -0.39 is 17.5 Å². The van der Waals surface area contributed by atoms with Gasteiger partial charge in [0.2, 0.25) is 0 Å². The maximum atomic E-state index is 11.8. The molecular formula is C16H21NO6. The molecule has 0 aliphatic carbocycles. The van der Waals surface area contributed by atoms with Crippen LogP contribution >= 0.6 is 0 Å². The molecule has 0 saturated heterocycles. The third-order valence-corrected chi connectivity index (χ3v) is 3.06. The molecule has 0 aliphatic heterocycles. The van der Waals surface area contributed by atoms with Crippen molar-refractivity contribution in [2.75, 3.05) is 13.2 Å². The van der Waals surface area contributed by atoms with E-state index in [0.717, 1.165) is 12.8 Å². The Morgan fingerprint density at radius 3 is 2.57 bits per heavy atom. The van der Waals surface area contributed by atoms with Gasteiger partial charge in [0.05, 0.1) is 11.5 Å². The fourth-order valence-electron chi connectivity index (χ4n) is 1.84. The summed E-state index contributed by atoms with van der Waals surface area (Å²) in [6.45, 7) is 3.71. The number of hydrogen-bond acceptors (Lipinski definition) is 6. The minimum atomic E-state index is -0.638. The second-order valence-electron chi connectivity index (χ2n) is 4.98. The zero-order chi connectivity index (χ0) is 17.2. The number of unbranched alkanes of at least 4 members (excludes halogenated alkanes) is 1. The van der Waals surface area contributed by atoms with E-state index in [0.29, 0.717) is 19.4 Å². The van der Waals surface area contributed by atoms with Crippen LogP contribution in [0.4, 0.5) is 5.69 Å². The van der Waals surface area contributed by atoms with Crippen LogP contribution in [0.2, 0.25) is 0 Å². The molecule has 7 heteroatoms. The second kappa shape index (κ2) is 9.55. The molecule has 0 radical (unpaired) electrons. The summed E-state index contributed by atoms with van der Waals surface area (Å²) in [5.41, 5.74) is -0.0790. The second-order valence-corrected chi connectivity index (χ2v) is 4.98. The molecule has 0 fully saturated rings. The van der Waals surface area contributed by atoms with Crippen LogP contribution in [-0.4, -0.2) is 29.9 Å². The van der Waals surface area contributed by atoms with Crippen molar-refractivity contribution in [3.05, 3.63) is 33.9 Å². The summed E-state index contributed by atoms with van der Waals surface area (Å²) in [4.78, 5) is 33.7. The first kappa shape index (κ1) is 18.6. The molecule has 0 amide bonds. The number of nitro groups is 1. The predicted octanol–water partition coefficient (Wildman–Crippen LogP) is 3.30. The minimum Gasteiger partial charge on any atom is -0.475 e. The van der Waals surface area contributed by atoms with Crippen molar-refractivity contribution in [3.63, 3.8) is 0 Å². The topological polar surface area (TPSA) is 95.7 Å². The lowest BCUT2D eigenvalue weighted by atomic mass is 10.1. The normalized spacial score (nSPS) is 10.2. The average molecular weight is 323 g/mol. The van der Waals surface area contributed by atoms with Crippen LogP contribution in [0.5, 0.6) is 5.75 Å². The number of ketones is 1. The first-order chi connectivity index (χ1) is 11.0. The van der Waals surface area contributed by atoms with Gasteiger partial charge in [0, 0.05) is 18.1 Å². The number of carbonyl (C=O) groups excluding carboxylic acids is 2. The Morgan fingerprint density at radius 1 is 1.22 bits per heavy atom. The number of Topliss-reactive ketones (excluding diaryl/α,β-unsaturated/α-hetero) is 1. The molecule has 0 aromatic heterocycles. The molecule has 0 spiro atoms. The average Bonchev–Trinajstić information content (AvgIpc) is 2.53. The third-order valence-electron chi connectivity index (χ3n) is 3.06. The zero-order valence-electron chi connectivity index (χ0n) is 13.4. The van der Waals surface area contributed by atoms with E-state index in [4.69, 9.17) is 9.47 Å². The number of benzene rings is 1.